The zero-order chi connectivity index (χ0) is 21.0. The molecule has 0 spiro atoms. The first-order valence-electron chi connectivity index (χ1n) is 9.81. The van der Waals surface area contributed by atoms with Crippen LogP contribution in [0.15, 0.2) is 53.4 Å². The van der Waals surface area contributed by atoms with Crippen molar-refractivity contribution in [2.24, 2.45) is 11.8 Å². The summed E-state index contributed by atoms with van der Waals surface area (Å²) in [4.78, 5) is 12.5. The average molecular weight is 417 g/mol. The Balaban J connectivity index is 1.63. The molecular weight excluding hydrogens is 388 g/mol. The van der Waals surface area contributed by atoms with Crippen LogP contribution < -0.4 is 10.1 Å². The van der Waals surface area contributed by atoms with Gasteiger partial charge >= 0.3 is 0 Å². The van der Waals surface area contributed by atoms with Gasteiger partial charge in [0.05, 0.1) is 18.4 Å². The number of amides is 1. The third-order valence-corrected chi connectivity index (χ3v) is 6.98. The van der Waals surface area contributed by atoms with Crippen LogP contribution in [0.1, 0.15) is 25.8 Å². The number of hydrogen-bond donors (Lipinski definition) is 1. The molecule has 0 bridgehead atoms. The summed E-state index contributed by atoms with van der Waals surface area (Å²) in [6.07, 6.45) is 1.28. The number of ether oxygens (including phenoxy) is 1. The van der Waals surface area contributed by atoms with Gasteiger partial charge in [-0.1, -0.05) is 26.0 Å². The highest BCUT2D eigenvalue weighted by Crippen LogP contribution is 2.27. The molecule has 1 fully saturated rings. The number of hydrogen-bond acceptors (Lipinski definition) is 4. The van der Waals surface area contributed by atoms with Gasteiger partial charge in [0.25, 0.3) is 0 Å². The molecule has 2 aromatic carbocycles. The Bertz CT molecular complexity index is 930. The zero-order valence-corrected chi connectivity index (χ0v) is 17.9. The number of sulfonamides is 1. The molecule has 1 aliphatic rings. The van der Waals surface area contributed by atoms with E-state index in [1.54, 1.807) is 35.7 Å². The van der Waals surface area contributed by atoms with Crippen LogP contribution >= 0.6 is 0 Å². The van der Waals surface area contributed by atoms with Crippen molar-refractivity contribution in [1.29, 1.82) is 0 Å². The third-order valence-electron chi connectivity index (χ3n) is 5.13. The highest BCUT2D eigenvalue weighted by atomic mass is 32.2. The van der Waals surface area contributed by atoms with Crippen molar-refractivity contribution in [3.05, 3.63) is 54.1 Å². The number of methoxy groups -OCH3 is 1. The van der Waals surface area contributed by atoms with Gasteiger partial charge in [-0.05, 0) is 60.2 Å². The molecule has 1 aliphatic heterocycles. The van der Waals surface area contributed by atoms with E-state index in [4.69, 9.17) is 4.74 Å². The number of carbonyl (C=O) groups excluding carboxylic acids is 1. The molecule has 3 rings (SSSR count). The van der Waals surface area contributed by atoms with Gasteiger partial charge in [0.1, 0.15) is 5.75 Å². The first-order chi connectivity index (χ1) is 13.8. The lowest BCUT2D eigenvalue weighted by Crippen LogP contribution is -2.42. The van der Waals surface area contributed by atoms with Crippen molar-refractivity contribution in [2.75, 3.05) is 25.5 Å². The molecule has 2 aromatic rings. The largest absolute Gasteiger partial charge is 0.497 e. The van der Waals surface area contributed by atoms with E-state index in [2.05, 4.69) is 19.2 Å². The number of nitrogens with one attached hydrogen (secondary N) is 1. The molecule has 0 radical (unpaired) electrons. The van der Waals surface area contributed by atoms with E-state index >= 15 is 0 Å². The summed E-state index contributed by atoms with van der Waals surface area (Å²) in [5, 5.41) is 2.81. The van der Waals surface area contributed by atoms with Crippen LogP contribution in [0.2, 0.25) is 0 Å². The molecule has 1 N–H and O–H groups in total. The van der Waals surface area contributed by atoms with E-state index in [0.717, 1.165) is 17.7 Å². The summed E-state index contributed by atoms with van der Waals surface area (Å²) < 4.78 is 32.6. The number of piperidine rings is 1. The van der Waals surface area contributed by atoms with Crippen LogP contribution in [-0.4, -0.2) is 38.8 Å². The first-order valence-corrected chi connectivity index (χ1v) is 11.2. The number of nitrogens with zero attached hydrogens (tertiary/aromatic N) is 1. The summed E-state index contributed by atoms with van der Waals surface area (Å²) >= 11 is 0. The van der Waals surface area contributed by atoms with Gasteiger partial charge in [-0.15, -0.1) is 0 Å². The molecular formula is C22H28N2O4S. The van der Waals surface area contributed by atoms with E-state index in [9.17, 15) is 13.2 Å². The van der Waals surface area contributed by atoms with Crippen LogP contribution in [0.5, 0.6) is 5.75 Å². The SMILES string of the molecule is COc1ccc(CC(=O)Nc2ccc(S(=O)(=O)N3C[C@H](C)C[C@H](C)C3)cc2)cc1. The summed E-state index contributed by atoms with van der Waals surface area (Å²) in [6, 6.07) is 13.7. The smallest absolute Gasteiger partial charge is 0.243 e. The molecule has 0 unspecified atom stereocenters. The Morgan fingerprint density at radius 1 is 1.03 bits per heavy atom. The molecule has 7 heteroatoms. The van der Waals surface area contributed by atoms with E-state index in [1.165, 1.54) is 0 Å². The maximum atomic E-state index is 12.9. The minimum absolute atomic E-state index is 0.163. The average Bonchev–Trinajstić information content (AvgIpc) is 2.68. The second-order valence-corrected chi connectivity index (χ2v) is 9.80. The minimum Gasteiger partial charge on any atom is -0.497 e. The highest BCUT2D eigenvalue weighted by molar-refractivity contribution is 7.89. The number of benzene rings is 2. The van der Waals surface area contributed by atoms with Crippen molar-refractivity contribution in [1.82, 2.24) is 4.31 Å². The van der Waals surface area contributed by atoms with Gasteiger partial charge in [-0.2, -0.15) is 4.31 Å². The zero-order valence-electron chi connectivity index (χ0n) is 17.1. The summed E-state index contributed by atoms with van der Waals surface area (Å²) in [7, 11) is -1.92. The van der Waals surface area contributed by atoms with Crippen LogP contribution in [0.25, 0.3) is 0 Å². The normalized spacial score (nSPS) is 20.2. The number of carbonyl (C=O) groups is 1. The van der Waals surface area contributed by atoms with Gasteiger partial charge < -0.3 is 10.1 Å². The van der Waals surface area contributed by atoms with E-state index in [0.29, 0.717) is 30.6 Å². The fourth-order valence-electron chi connectivity index (χ4n) is 3.80. The predicted molar refractivity (Wildman–Crippen MR) is 113 cm³/mol. The molecule has 6 nitrogen and oxygen atoms in total. The topological polar surface area (TPSA) is 75.7 Å². The molecule has 1 heterocycles. The van der Waals surface area contributed by atoms with Crippen molar-refractivity contribution in [3.63, 3.8) is 0 Å². The Morgan fingerprint density at radius 3 is 2.17 bits per heavy atom. The van der Waals surface area contributed by atoms with Crippen LogP contribution in [0.3, 0.4) is 0 Å². The van der Waals surface area contributed by atoms with Crippen molar-refractivity contribution in [3.8, 4) is 5.75 Å². The molecule has 0 aromatic heterocycles. The summed E-state index contributed by atoms with van der Waals surface area (Å²) in [5.41, 5.74) is 1.44. The lowest BCUT2D eigenvalue weighted by Gasteiger charge is -2.34. The van der Waals surface area contributed by atoms with Gasteiger partial charge in [-0.25, -0.2) is 8.42 Å². The molecule has 0 aliphatic carbocycles. The number of rotatable bonds is 6. The maximum absolute atomic E-state index is 12.9. The molecule has 156 valence electrons. The Hall–Kier alpha value is -2.38. The van der Waals surface area contributed by atoms with Gasteiger partial charge in [0.2, 0.25) is 15.9 Å². The monoisotopic (exact) mass is 416 g/mol. The van der Waals surface area contributed by atoms with Crippen molar-refractivity contribution in [2.45, 2.75) is 31.6 Å². The van der Waals surface area contributed by atoms with Crippen LogP contribution in [0.4, 0.5) is 5.69 Å². The quantitative estimate of drug-likeness (QED) is 0.781. The Morgan fingerprint density at radius 2 is 1.62 bits per heavy atom. The van der Waals surface area contributed by atoms with Gasteiger partial charge in [-0.3, -0.25) is 4.79 Å². The second-order valence-electron chi connectivity index (χ2n) is 7.87. The maximum Gasteiger partial charge on any atom is 0.243 e. The Kier molecular flexibility index (Phi) is 6.59. The molecule has 1 saturated heterocycles. The number of anilines is 1. The summed E-state index contributed by atoms with van der Waals surface area (Å²) in [6.45, 7) is 5.26. The first kappa shape index (κ1) is 21.3. The van der Waals surface area contributed by atoms with Crippen molar-refractivity contribution >= 4 is 21.6 Å². The van der Waals surface area contributed by atoms with E-state index in [1.807, 2.05) is 24.3 Å². The standard InChI is InChI=1S/C22H28N2O4S/c1-16-12-17(2)15-24(14-16)29(26,27)21-10-6-19(7-11-21)23-22(25)13-18-4-8-20(28-3)9-5-18/h4-11,16-17H,12-15H2,1-3H3,(H,23,25)/t16-,17+. The lowest BCUT2D eigenvalue weighted by atomic mass is 9.94. The fraction of sp³-hybridized carbons (Fsp3) is 0.409. The van der Waals surface area contributed by atoms with Crippen LogP contribution in [-0.2, 0) is 21.2 Å². The molecule has 29 heavy (non-hydrogen) atoms. The van der Waals surface area contributed by atoms with Gasteiger partial charge in [0.15, 0.2) is 0 Å². The Labute approximate surface area is 172 Å². The highest BCUT2D eigenvalue weighted by Gasteiger charge is 2.31. The predicted octanol–water partition coefficient (Wildman–Crippen LogP) is 3.54. The van der Waals surface area contributed by atoms with Crippen molar-refractivity contribution < 1.29 is 17.9 Å². The van der Waals surface area contributed by atoms with E-state index in [-0.39, 0.29) is 17.2 Å². The van der Waals surface area contributed by atoms with Gasteiger partial charge in [0, 0.05) is 18.8 Å². The second kappa shape index (κ2) is 8.97. The minimum atomic E-state index is -3.52. The lowest BCUT2D eigenvalue weighted by molar-refractivity contribution is -0.115. The van der Waals surface area contributed by atoms with Crippen LogP contribution in [0, 0.1) is 11.8 Å². The summed E-state index contributed by atoms with van der Waals surface area (Å²) in [5.74, 6) is 1.28. The molecule has 2 atom stereocenters. The third kappa shape index (κ3) is 5.36. The molecule has 0 saturated carbocycles. The van der Waals surface area contributed by atoms with E-state index < -0.39 is 10.0 Å². The molecule has 1 amide bonds. The fourth-order valence-corrected chi connectivity index (χ4v) is 5.47.